The van der Waals surface area contributed by atoms with Crippen LogP contribution >= 0.6 is 11.6 Å². The SMILES string of the molecule is Nc1nc2c(c(=O)[nH]1)[C@H](c1ccccc1Cl)CC(=O)N2. The Balaban J connectivity index is 2.23. The highest BCUT2D eigenvalue weighted by atomic mass is 35.5. The molecular formula is C13H11ClN4O2. The number of carbonyl (C=O) groups is 1. The molecule has 1 aliphatic rings. The van der Waals surface area contributed by atoms with Gasteiger partial charge in [-0.2, -0.15) is 4.98 Å². The molecule has 1 aliphatic heterocycles. The lowest BCUT2D eigenvalue weighted by molar-refractivity contribution is -0.116. The Morgan fingerprint density at radius 3 is 2.80 bits per heavy atom. The Bertz CT molecular complexity index is 756. The molecule has 0 saturated carbocycles. The summed E-state index contributed by atoms with van der Waals surface area (Å²) >= 11 is 6.17. The predicted molar refractivity (Wildman–Crippen MR) is 75.8 cm³/mol. The Labute approximate surface area is 119 Å². The number of H-pyrrole nitrogens is 1. The number of halogens is 1. The number of hydrogen-bond donors (Lipinski definition) is 3. The van der Waals surface area contributed by atoms with E-state index in [2.05, 4.69) is 15.3 Å². The molecule has 6 nitrogen and oxygen atoms in total. The molecule has 0 spiro atoms. The third-order valence-corrected chi connectivity index (χ3v) is 3.59. The predicted octanol–water partition coefficient (Wildman–Crippen LogP) is 1.48. The van der Waals surface area contributed by atoms with E-state index in [1.165, 1.54) is 0 Å². The highest BCUT2D eigenvalue weighted by Gasteiger charge is 2.31. The molecule has 2 heterocycles. The number of carbonyl (C=O) groups excluding carboxylic acids is 1. The second-order valence-corrected chi connectivity index (χ2v) is 4.95. The van der Waals surface area contributed by atoms with Crippen molar-refractivity contribution in [1.82, 2.24) is 9.97 Å². The number of rotatable bonds is 1. The summed E-state index contributed by atoms with van der Waals surface area (Å²) in [5.74, 6) is -0.481. The molecule has 2 aromatic rings. The van der Waals surface area contributed by atoms with Crippen molar-refractivity contribution in [2.75, 3.05) is 11.1 Å². The van der Waals surface area contributed by atoms with Crippen LogP contribution in [0.5, 0.6) is 0 Å². The van der Waals surface area contributed by atoms with Crippen LogP contribution in [0.2, 0.25) is 5.02 Å². The lowest BCUT2D eigenvalue weighted by atomic mass is 9.87. The first kappa shape index (κ1) is 12.7. The minimum Gasteiger partial charge on any atom is -0.369 e. The van der Waals surface area contributed by atoms with Crippen LogP contribution in [0.3, 0.4) is 0 Å². The van der Waals surface area contributed by atoms with Gasteiger partial charge in [-0.3, -0.25) is 14.6 Å². The van der Waals surface area contributed by atoms with E-state index < -0.39 is 5.92 Å². The summed E-state index contributed by atoms with van der Waals surface area (Å²) in [6, 6.07) is 7.13. The Morgan fingerprint density at radius 2 is 2.05 bits per heavy atom. The summed E-state index contributed by atoms with van der Waals surface area (Å²) in [6.45, 7) is 0. The van der Waals surface area contributed by atoms with Gasteiger partial charge in [-0.05, 0) is 11.6 Å². The van der Waals surface area contributed by atoms with Crippen molar-refractivity contribution in [1.29, 1.82) is 0 Å². The van der Waals surface area contributed by atoms with E-state index in [1.807, 2.05) is 6.07 Å². The molecule has 7 heteroatoms. The smallest absolute Gasteiger partial charge is 0.258 e. The fourth-order valence-electron chi connectivity index (χ4n) is 2.41. The van der Waals surface area contributed by atoms with Crippen molar-refractivity contribution in [3.05, 3.63) is 50.8 Å². The van der Waals surface area contributed by atoms with E-state index >= 15 is 0 Å². The average molecular weight is 291 g/mol. The van der Waals surface area contributed by atoms with Crippen LogP contribution in [0.1, 0.15) is 23.5 Å². The Morgan fingerprint density at radius 1 is 1.30 bits per heavy atom. The molecule has 1 aromatic carbocycles. The van der Waals surface area contributed by atoms with Gasteiger partial charge >= 0.3 is 0 Å². The van der Waals surface area contributed by atoms with Gasteiger partial charge in [0, 0.05) is 17.4 Å². The van der Waals surface area contributed by atoms with Crippen molar-refractivity contribution < 1.29 is 4.79 Å². The normalized spacial score (nSPS) is 17.4. The van der Waals surface area contributed by atoms with Gasteiger partial charge in [0.15, 0.2) is 0 Å². The second-order valence-electron chi connectivity index (χ2n) is 4.54. The van der Waals surface area contributed by atoms with Gasteiger partial charge in [0.1, 0.15) is 5.82 Å². The maximum absolute atomic E-state index is 12.1. The van der Waals surface area contributed by atoms with Crippen LogP contribution in [0.4, 0.5) is 11.8 Å². The number of fused-ring (bicyclic) bond motifs is 1. The summed E-state index contributed by atoms with van der Waals surface area (Å²) in [7, 11) is 0. The van der Waals surface area contributed by atoms with Crippen molar-refractivity contribution in [3.63, 3.8) is 0 Å². The molecule has 1 amide bonds. The van der Waals surface area contributed by atoms with Crippen LogP contribution in [0.25, 0.3) is 0 Å². The highest BCUT2D eigenvalue weighted by molar-refractivity contribution is 6.31. The number of anilines is 2. The number of nitrogen functional groups attached to an aromatic ring is 1. The van der Waals surface area contributed by atoms with Gasteiger partial charge in [0.2, 0.25) is 11.9 Å². The zero-order valence-electron chi connectivity index (χ0n) is 10.3. The molecule has 0 aliphatic carbocycles. The van der Waals surface area contributed by atoms with Gasteiger partial charge in [0.05, 0.1) is 5.56 Å². The molecule has 102 valence electrons. The van der Waals surface area contributed by atoms with Crippen molar-refractivity contribution in [3.8, 4) is 0 Å². The van der Waals surface area contributed by atoms with Gasteiger partial charge < -0.3 is 11.1 Å². The number of benzene rings is 1. The first-order chi connectivity index (χ1) is 9.56. The molecule has 0 saturated heterocycles. The summed E-state index contributed by atoms with van der Waals surface area (Å²) < 4.78 is 0. The number of amides is 1. The van der Waals surface area contributed by atoms with Gasteiger partial charge in [-0.15, -0.1) is 0 Å². The Hall–Kier alpha value is -2.34. The molecule has 0 radical (unpaired) electrons. The van der Waals surface area contributed by atoms with Crippen LogP contribution in [0, 0.1) is 0 Å². The topological polar surface area (TPSA) is 101 Å². The van der Waals surface area contributed by atoms with Gasteiger partial charge in [-0.25, -0.2) is 0 Å². The minimum atomic E-state index is -0.427. The highest BCUT2D eigenvalue weighted by Crippen LogP contribution is 2.36. The molecular weight excluding hydrogens is 280 g/mol. The molecule has 20 heavy (non-hydrogen) atoms. The first-order valence-electron chi connectivity index (χ1n) is 6.00. The zero-order valence-corrected chi connectivity index (χ0v) is 11.1. The van der Waals surface area contributed by atoms with E-state index in [0.29, 0.717) is 10.6 Å². The molecule has 0 unspecified atom stereocenters. The monoisotopic (exact) mass is 290 g/mol. The fraction of sp³-hybridized carbons (Fsp3) is 0.154. The third-order valence-electron chi connectivity index (χ3n) is 3.25. The maximum atomic E-state index is 12.1. The van der Waals surface area contributed by atoms with E-state index in [4.69, 9.17) is 17.3 Å². The summed E-state index contributed by atoms with van der Waals surface area (Å²) in [5.41, 5.74) is 6.24. The van der Waals surface area contributed by atoms with E-state index in [1.54, 1.807) is 18.2 Å². The lowest BCUT2D eigenvalue weighted by Crippen LogP contribution is -2.31. The molecule has 1 atom stereocenters. The zero-order chi connectivity index (χ0) is 14.3. The minimum absolute atomic E-state index is 0.0335. The largest absolute Gasteiger partial charge is 0.369 e. The maximum Gasteiger partial charge on any atom is 0.258 e. The standard InChI is InChI=1S/C13H11ClN4O2/c14-8-4-2-1-3-6(8)7-5-9(19)16-11-10(7)12(20)18-13(15)17-11/h1-4,7H,5H2,(H4,15,16,17,18,19,20)/t7-/m0/s1. The molecule has 3 rings (SSSR count). The van der Waals surface area contributed by atoms with Crippen LogP contribution < -0.4 is 16.6 Å². The quantitative estimate of drug-likeness (QED) is 0.740. The average Bonchev–Trinajstić information content (AvgIpc) is 2.37. The van der Waals surface area contributed by atoms with Crippen LogP contribution in [-0.4, -0.2) is 15.9 Å². The molecule has 0 bridgehead atoms. The fourth-order valence-corrected chi connectivity index (χ4v) is 2.68. The summed E-state index contributed by atoms with van der Waals surface area (Å²) in [6.07, 6.45) is 0.144. The van der Waals surface area contributed by atoms with Crippen molar-refractivity contribution >= 4 is 29.3 Å². The number of nitrogens with zero attached hydrogens (tertiary/aromatic N) is 1. The number of hydrogen-bond acceptors (Lipinski definition) is 4. The number of nitrogens with two attached hydrogens (primary N) is 1. The van der Waals surface area contributed by atoms with Crippen LogP contribution in [-0.2, 0) is 4.79 Å². The summed E-state index contributed by atoms with van der Waals surface area (Å²) in [4.78, 5) is 30.3. The number of nitrogens with one attached hydrogen (secondary N) is 2. The van der Waals surface area contributed by atoms with Crippen molar-refractivity contribution in [2.24, 2.45) is 0 Å². The lowest BCUT2D eigenvalue weighted by Gasteiger charge is -2.24. The summed E-state index contributed by atoms with van der Waals surface area (Å²) in [5, 5.41) is 3.08. The Kier molecular flexibility index (Phi) is 2.94. The van der Waals surface area contributed by atoms with Gasteiger partial charge in [0.25, 0.3) is 5.56 Å². The van der Waals surface area contributed by atoms with E-state index in [-0.39, 0.29) is 29.7 Å². The number of aromatic amines is 1. The number of aromatic nitrogens is 2. The van der Waals surface area contributed by atoms with Crippen molar-refractivity contribution in [2.45, 2.75) is 12.3 Å². The second kappa shape index (κ2) is 4.64. The van der Waals surface area contributed by atoms with Crippen LogP contribution in [0.15, 0.2) is 29.1 Å². The van der Waals surface area contributed by atoms with E-state index in [0.717, 1.165) is 5.56 Å². The third kappa shape index (κ3) is 2.04. The van der Waals surface area contributed by atoms with E-state index in [9.17, 15) is 9.59 Å². The molecule has 4 N–H and O–H groups in total. The first-order valence-corrected chi connectivity index (χ1v) is 6.38. The van der Waals surface area contributed by atoms with Gasteiger partial charge in [-0.1, -0.05) is 29.8 Å². The molecule has 0 fully saturated rings. The molecule has 1 aromatic heterocycles.